The predicted octanol–water partition coefficient (Wildman–Crippen LogP) is 2.62. The van der Waals surface area contributed by atoms with Crippen LogP contribution in [0, 0.1) is 5.92 Å². The van der Waals surface area contributed by atoms with Gasteiger partial charge in [-0.2, -0.15) is 0 Å². The van der Waals surface area contributed by atoms with E-state index in [-0.39, 0.29) is 4.90 Å². The van der Waals surface area contributed by atoms with Crippen LogP contribution in [0.2, 0.25) is 0 Å². The lowest BCUT2D eigenvalue weighted by atomic mass is 10.1. The molecule has 0 unspecified atom stereocenters. The number of anilines is 1. The summed E-state index contributed by atoms with van der Waals surface area (Å²) in [4.78, 5) is 4.28. The summed E-state index contributed by atoms with van der Waals surface area (Å²) in [7, 11) is -3.43. The van der Waals surface area contributed by atoms with Crippen LogP contribution in [-0.4, -0.2) is 26.5 Å². The zero-order valence-corrected chi connectivity index (χ0v) is 13.3. The smallest absolute Gasteiger partial charge is 0.242 e. The number of hydrogen-bond donors (Lipinski definition) is 2. The molecule has 0 aromatic carbocycles. The number of unbranched alkanes of at least 4 members (excludes halogenated alkanes) is 1. The molecule has 6 heteroatoms. The fourth-order valence-corrected chi connectivity index (χ4v) is 2.81. The van der Waals surface area contributed by atoms with Crippen molar-refractivity contribution in [3.8, 4) is 0 Å². The van der Waals surface area contributed by atoms with Crippen LogP contribution >= 0.6 is 0 Å². The van der Waals surface area contributed by atoms with E-state index >= 15 is 0 Å². The number of hydrogen-bond acceptors (Lipinski definition) is 4. The molecular weight excluding hydrogens is 274 g/mol. The van der Waals surface area contributed by atoms with Crippen LogP contribution < -0.4 is 10.0 Å². The van der Waals surface area contributed by atoms with E-state index in [2.05, 4.69) is 28.9 Å². The first-order valence-corrected chi connectivity index (χ1v) is 8.63. The predicted molar refractivity (Wildman–Crippen MR) is 82.3 cm³/mol. The standard InChI is InChI=1S/C14H25N3O2S/c1-4-15-14-9-8-13(11-16-14)20(18,19)17-10-6-5-7-12(2)3/h8-9,11-12,17H,4-7,10H2,1-3H3,(H,15,16). The first kappa shape index (κ1) is 16.9. The Morgan fingerprint density at radius 1 is 1.25 bits per heavy atom. The third-order valence-corrected chi connectivity index (χ3v) is 4.35. The molecule has 0 atom stereocenters. The topological polar surface area (TPSA) is 71.1 Å². The van der Waals surface area contributed by atoms with Gasteiger partial charge in [0.05, 0.1) is 0 Å². The van der Waals surface area contributed by atoms with Crippen LogP contribution in [0.4, 0.5) is 5.82 Å². The lowest BCUT2D eigenvalue weighted by molar-refractivity contribution is 0.530. The number of nitrogens with one attached hydrogen (secondary N) is 2. The maximum Gasteiger partial charge on any atom is 0.242 e. The number of aromatic nitrogens is 1. The van der Waals surface area contributed by atoms with Crippen LogP contribution in [0.25, 0.3) is 0 Å². The van der Waals surface area contributed by atoms with Gasteiger partial charge >= 0.3 is 0 Å². The highest BCUT2D eigenvalue weighted by molar-refractivity contribution is 7.89. The second-order valence-corrected chi connectivity index (χ2v) is 6.96. The quantitative estimate of drug-likeness (QED) is 0.688. The van der Waals surface area contributed by atoms with Gasteiger partial charge in [0.1, 0.15) is 10.7 Å². The van der Waals surface area contributed by atoms with Gasteiger partial charge in [-0.05, 0) is 31.4 Å². The highest BCUT2D eigenvalue weighted by atomic mass is 32.2. The minimum atomic E-state index is -3.43. The van der Waals surface area contributed by atoms with E-state index in [1.165, 1.54) is 6.20 Å². The van der Waals surface area contributed by atoms with Gasteiger partial charge in [-0.15, -0.1) is 0 Å². The van der Waals surface area contributed by atoms with Crippen LogP contribution in [0.15, 0.2) is 23.2 Å². The molecule has 1 aromatic heterocycles. The van der Waals surface area contributed by atoms with E-state index < -0.39 is 10.0 Å². The zero-order valence-electron chi connectivity index (χ0n) is 12.5. The van der Waals surface area contributed by atoms with E-state index in [1.54, 1.807) is 12.1 Å². The zero-order chi connectivity index (χ0) is 15.0. The number of nitrogens with zero attached hydrogens (tertiary/aromatic N) is 1. The second-order valence-electron chi connectivity index (χ2n) is 5.20. The molecule has 0 spiro atoms. The summed E-state index contributed by atoms with van der Waals surface area (Å²) in [5.74, 6) is 1.35. The Morgan fingerprint density at radius 3 is 2.55 bits per heavy atom. The molecule has 0 amide bonds. The van der Waals surface area contributed by atoms with Crippen molar-refractivity contribution in [3.63, 3.8) is 0 Å². The fourth-order valence-electron chi connectivity index (χ4n) is 1.79. The van der Waals surface area contributed by atoms with E-state index in [0.29, 0.717) is 18.3 Å². The molecule has 1 rings (SSSR count). The Hall–Kier alpha value is -1.14. The van der Waals surface area contributed by atoms with Gasteiger partial charge in [-0.25, -0.2) is 18.1 Å². The molecular formula is C14H25N3O2S. The van der Waals surface area contributed by atoms with Gasteiger partial charge < -0.3 is 5.32 Å². The molecule has 0 fully saturated rings. The van der Waals surface area contributed by atoms with Crippen molar-refractivity contribution in [2.45, 2.75) is 44.9 Å². The van der Waals surface area contributed by atoms with Gasteiger partial charge in [-0.3, -0.25) is 0 Å². The van der Waals surface area contributed by atoms with Crippen LogP contribution in [-0.2, 0) is 10.0 Å². The fraction of sp³-hybridized carbons (Fsp3) is 0.643. The van der Waals surface area contributed by atoms with E-state index in [9.17, 15) is 8.42 Å². The van der Waals surface area contributed by atoms with Crippen molar-refractivity contribution >= 4 is 15.8 Å². The Labute approximate surface area is 122 Å². The Bertz CT molecular complexity index is 484. The molecule has 0 aliphatic heterocycles. The largest absolute Gasteiger partial charge is 0.370 e. The van der Waals surface area contributed by atoms with Gasteiger partial charge in [0.25, 0.3) is 0 Å². The molecule has 0 radical (unpaired) electrons. The lowest BCUT2D eigenvalue weighted by Gasteiger charge is -2.08. The van der Waals surface area contributed by atoms with Crippen molar-refractivity contribution in [1.29, 1.82) is 0 Å². The number of pyridine rings is 1. The summed E-state index contributed by atoms with van der Waals surface area (Å²) in [6, 6.07) is 3.25. The monoisotopic (exact) mass is 299 g/mol. The molecule has 2 N–H and O–H groups in total. The Morgan fingerprint density at radius 2 is 2.00 bits per heavy atom. The van der Waals surface area contributed by atoms with E-state index in [4.69, 9.17) is 0 Å². The van der Waals surface area contributed by atoms with E-state index in [0.717, 1.165) is 25.8 Å². The van der Waals surface area contributed by atoms with Crippen molar-refractivity contribution < 1.29 is 8.42 Å². The molecule has 1 aromatic rings. The molecule has 0 aliphatic rings. The van der Waals surface area contributed by atoms with Crippen molar-refractivity contribution in [3.05, 3.63) is 18.3 Å². The maximum atomic E-state index is 12.0. The minimum absolute atomic E-state index is 0.211. The van der Waals surface area contributed by atoms with Crippen molar-refractivity contribution in [2.24, 2.45) is 5.92 Å². The summed E-state index contributed by atoms with van der Waals surface area (Å²) in [5.41, 5.74) is 0. The average Bonchev–Trinajstić information content (AvgIpc) is 2.39. The van der Waals surface area contributed by atoms with Crippen LogP contribution in [0.1, 0.15) is 40.0 Å². The minimum Gasteiger partial charge on any atom is -0.370 e. The van der Waals surface area contributed by atoms with Crippen molar-refractivity contribution in [2.75, 3.05) is 18.4 Å². The normalized spacial score (nSPS) is 11.8. The summed E-state index contributed by atoms with van der Waals surface area (Å²) < 4.78 is 26.7. The molecule has 114 valence electrons. The third kappa shape index (κ3) is 5.88. The molecule has 20 heavy (non-hydrogen) atoms. The highest BCUT2D eigenvalue weighted by Gasteiger charge is 2.13. The molecule has 0 aliphatic carbocycles. The van der Waals surface area contributed by atoms with Gasteiger partial charge in [0.2, 0.25) is 10.0 Å². The average molecular weight is 299 g/mol. The first-order valence-electron chi connectivity index (χ1n) is 7.15. The molecule has 0 saturated carbocycles. The Balaban J connectivity index is 2.47. The van der Waals surface area contributed by atoms with Crippen LogP contribution in [0.3, 0.4) is 0 Å². The van der Waals surface area contributed by atoms with Gasteiger partial charge in [0.15, 0.2) is 0 Å². The molecule has 0 saturated heterocycles. The van der Waals surface area contributed by atoms with Crippen LogP contribution in [0.5, 0.6) is 0 Å². The summed E-state index contributed by atoms with van der Waals surface area (Å²) in [6.07, 6.45) is 4.41. The molecule has 1 heterocycles. The maximum absolute atomic E-state index is 12.0. The lowest BCUT2D eigenvalue weighted by Crippen LogP contribution is -2.25. The first-order chi connectivity index (χ1) is 9.45. The van der Waals surface area contributed by atoms with Gasteiger partial charge in [-0.1, -0.05) is 26.7 Å². The van der Waals surface area contributed by atoms with E-state index in [1.807, 2.05) is 6.92 Å². The summed E-state index contributed by atoms with van der Waals surface area (Å²) >= 11 is 0. The Kier molecular flexibility index (Phi) is 6.95. The highest BCUT2D eigenvalue weighted by Crippen LogP contribution is 2.11. The number of rotatable bonds is 9. The molecule has 5 nitrogen and oxygen atoms in total. The third-order valence-electron chi connectivity index (χ3n) is 2.90. The van der Waals surface area contributed by atoms with Gasteiger partial charge in [0, 0.05) is 19.3 Å². The SMILES string of the molecule is CCNc1ccc(S(=O)(=O)NCCCCC(C)C)cn1. The summed E-state index contributed by atoms with van der Waals surface area (Å²) in [6.45, 7) is 7.53. The van der Waals surface area contributed by atoms with Crippen molar-refractivity contribution in [1.82, 2.24) is 9.71 Å². The number of sulfonamides is 1. The second kappa shape index (κ2) is 8.21. The summed E-state index contributed by atoms with van der Waals surface area (Å²) in [5, 5.41) is 3.03. The molecule has 0 bridgehead atoms.